The summed E-state index contributed by atoms with van der Waals surface area (Å²) in [6, 6.07) is 12.4. The van der Waals surface area contributed by atoms with Crippen molar-refractivity contribution in [1.29, 1.82) is 5.26 Å². The minimum absolute atomic E-state index is 0.0865. The standard InChI is InChI=1S/C19H21NO2/c1-19(2)17(21)15(12-20)11-14-8-9-16(22-18(14)19)10-13-6-4-3-5-7-13/h3-7,11,14,16,18H,8-10H2,1-2H3. The zero-order valence-corrected chi connectivity index (χ0v) is 13.1. The van der Waals surface area contributed by atoms with Crippen molar-refractivity contribution >= 4 is 5.78 Å². The largest absolute Gasteiger partial charge is 0.373 e. The first-order valence-electron chi connectivity index (χ1n) is 7.88. The number of hydrogen-bond donors (Lipinski definition) is 0. The van der Waals surface area contributed by atoms with E-state index < -0.39 is 5.41 Å². The highest BCUT2D eigenvalue weighted by molar-refractivity contribution is 6.04. The molecule has 22 heavy (non-hydrogen) atoms. The normalized spacial score (nSPS) is 30.1. The Morgan fingerprint density at radius 1 is 1.27 bits per heavy atom. The number of Topliss-reactive ketones (excluding diaryl/α,β-unsaturated/α-hetero) is 1. The van der Waals surface area contributed by atoms with Gasteiger partial charge in [0.25, 0.3) is 0 Å². The third kappa shape index (κ3) is 2.60. The monoisotopic (exact) mass is 295 g/mol. The van der Waals surface area contributed by atoms with Crippen molar-refractivity contribution in [1.82, 2.24) is 0 Å². The molecule has 3 rings (SSSR count). The molecule has 1 aliphatic heterocycles. The maximum atomic E-state index is 12.4. The van der Waals surface area contributed by atoms with E-state index in [-0.39, 0.29) is 23.9 Å². The molecule has 114 valence electrons. The number of benzene rings is 1. The molecule has 2 aliphatic rings. The van der Waals surface area contributed by atoms with Gasteiger partial charge in [0.15, 0.2) is 5.78 Å². The number of ketones is 1. The van der Waals surface area contributed by atoms with Gasteiger partial charge in [-0.05, 0) is 38.7 Å². The number of hydrogen-bond acceptors (Lipinski definition) is 3. The molecule has 3 atom stereocenters. The van der Waals surface area contributed by atoms with Crippen LogP contribution >= 0.6 is 0 Å². The van der Waals surface area contributed by atoms with Gasteiger partial charge in [-0.3, -0.25) is 4.79 Å². The third-order valence-corrected chi connectivity index (χ3v) is 4.90. The van der Waals surface area contributed by atoms with Gasteiger partial charge >= 0.3 is 0 Å². The van der Waals surface area contributed by atoms with E-state index >= 15 is 0 Å². The predicted molar refractivity (Wildman–Crippen MR) is 84.0 cm³/mol. The van der Waals surface area contributed by atoms with Gasteiger partial charge in [-0.1, -0.05) is 36.4 Å². The Labute approximate surface area is 131 Å². The van der Waals surface area contributed by atoms with Crippen molar-refractivity contribution in [3.8, 4) is 6.07 Å². The summed E-state index contributed by atoms with van der Waals surface area (Å²) in [4.78, 5) is 12.4. The van der Waals surface area contributed by atoms with Gasteiger partial charge in [0.2, 0.25) is 0 Å². The molecule has 1 fully saturated rings. The molecule has 0 aromatic heterocycles. The maximum Gasteiger partial charge on any atom is 0.181 e. The number of carbonyl (C=O) groups excluding carboxylic acids is 1. The van der Waals surface area contributed by atoms with Crippen LogP contribution in [0.25, 0.3) is 0 Å². The Hall–Kier alpha value is -1.92. The Balaban J connectivity index is 1.79. The van der Waals surface area contributed by atoms with E-state index in [0.717, 1.165) is 19.3 Å². The van der Waals surface area contributed by atoms with Crippen molar-refractivity contribution in [3.63, 3.8) is 0 Å². The van der Waals surface area contributed by atoms with Gasteiger partial charge in [0.05, 0.1) is 23.2 Å². The van der Waals surface area contributed by atoms with Gasteiger partial charge < -0.3 is 4.74 Å². The van der Waals surface area contributed by atoms with Gasteiger partial charge in [0.1, 0.15) is 6.07 Å². The van der Waals surface area contributed by atoms with Gasteiger partial charge in [0, 0.05) is 5.92 Å². The lowest BCUT2D eigenvalue weighted by Gasteiger charge is -2.45. The lowest BCUT2D eigenvalue weighted by Crippen LogP contribution is -2.51. The summed E-state index contributed by atoms with van der Waals surface area (Å²) in [6.07, 6.45) is 4.67. The van der Waals surface area contributed by atoms with Crippen LogP contribution in [0.3, 0.4) is 0 Å². The average molecular weight is 295 g/mol. The second kappa shape index (κ2) is 5.70. The Kier molecular flexibility index (Phi) is 3.88. The lowest BCUT2D eigenvalue weighted by atomic mass is 9.67. The fraction of sp³-hybridized carbons (Fsp3) is 0.474. The number of ether oxygens (including phenoxy) is 1. The molecule has 3 nitrogen and oxygen atoms in total. The first kappa shape index (κ1) is 15.0. The van der Waals surface area contributed by atoms with Crippen LogP contribution in [0, 0.1) is 22.7 Å². The Morgan fingerprint density at radius 2 is 2.00 bits per heavy atom. The molecule has 0 bridgehead atoms. The quantitative estimate of drug-likeness (QED) is 0.839. The summed E-state index contributed by atoms with van der Waals surface area (Å²) >= 11 is 0. The van der Waals surface area contributed by atoms with Gasteiger partial charge in [-0.2, -0.15) is 5.26 Å². The molecule has 1 aliphatic carbocycles. The molecule has 1 aromatic carbocycles. The average Bonchev–Trinajstić information content (AvgIpc) is 2.53. The molecule has 0 saturated carbocycles. The summed E-state index contributed by atoms with van der Waals surface area (Å²) in [5.74, 6) is 0.0889. The minimum atomic E-state index is -0.625. The van der Waals surface area contributed by atoms with E-state index in [2.05, 4.69) is 12.1 Å². The lowest BCUT2D eigenvalue weighted by molar-refractivity contribution is -0.152. The number of allylic oxidation sites excluding steroid dienone is 1. The molecule has 0 N–H and O–H groups in total. The number of carbonyl (C=O) groups is 1. The summed E-state index contributed by atoms with van der Waals surface area (Å²) in [6.45, 7) is 3.81. The third-order valence-electron chi connectivity index (χ3n) is 4.90. The van der Waals surface area contributed by atoms with Crippen LogP contribution in [0.5, 0.6) is 0 Å². The van der Waals surface area contributed by atoms with Gasteiger partial charge in [-0.25, -0.2) is 0 Å². The zero-order valence-electron chi connectivity index (χ0n) is 13.1. The Bertz CT molecular complexity index is 639. The van der Waals surface area contributed by atoms with Crippen LogP contribution in [0.2, 0.25) is 0 Å². The highest BCUT2D eigenvalue weighted by Crippen LogP contribution is 2.43. The van der Waals surface area contributed by atoms with Crippen LogP contribution < -0.4 is 0 Å². The van der Waals surface area contributed by atoms with E-state index in [0.29, 0.717) is 5.57 Å². The molecule has 0 amide bonds. The van der Waals surface area contributed by atoms with Crippen molar-refractivity contribution in [2.45, 2.75) is 45.3 Å². The van der Waals surface area contributed by atoms with Gasteiger partial charge in [-0.15, -0.1) is 0 Å². The van der Waals surface area contributed by atoms with Crippen LogP contribution in [-0.2, 0) is 16.0 Å². The SMILES string of the molecule is CC1(C)C(=O)C(C#N)=CC2CCC(Cc3ccccc3)OC21. The number of nitriles is 1. The molecular formula is C19H21NO2. The predicted octanol–water partition coefficient (Wildman–Crippen LogP) is 3.45. The number of rotatable bonds is 2. The van der Waals surface area contributed by atoms with Crippen molar-refractivity contribution < 1.29 is 9.53 Å². The molecule has 0 spiro atoms. The van der Waals surface area contributed by atoms with Crippen molar-refractivity contribution in [3.05, 3.63) is 47.5 Å². The molecular weight excluding hydrogens is 274 g/mol. The molecule has 1 saturated heterocycles. The fourth-order valence-electron chi connectivity index (χ4n) is 3.66. The molecule has 1 aromatic rings. The van der Waals surface area contributed by atoms with E-state index in [1.54, 1.807) is 0 Å². The highest BCUT2D eigenvalue weighted by atomic mass is 16.5. The molecule has 0 radical (unpaired) electrons. The summed E-state index contributed by atoms with van der Waals surface area (Å²) in [7, 11) is 0. The van der Waals surface area contributed by atoms with Crippen molar-refractivity contribution in [2.24, 2.45) is 11.3 Å². The van der Waals surface area contributed by atoms with Crippen LogP contribution in [-0.4, -0.2) is 18.0 Å². The number of nitrogens with zero attached hydrogens (tertiary/aromatic N) is 1. The first-order chi connectivity index (χ1) is 10.5. The van der Waals surface area contributed by atoms with Crippen LogP contribution in [0.15, 0.2) is 42.0 Å². The molecule has 3 unspecified atom stereocenters. The number of fused-ring (bicyclic) bond motifs is 1. The van der Waals surface area contributed by atoms with E-state index in [4.69, 9.17) is 10.00 Å². The fourth-order valence-corrected chi connectivity index (χ4v) is 3.66. The van der Waals surface area contributed by atoms with E-state index in [1.807, 2.05) is 44.2 Å². The molecule has 1 heterocycles. The summed E-state index contributed by atoms with van der Waals surface area (Å²) < 4.78 is 6.30. The van der Waals surface area contributed by atoms with Crippen LogP contribution in [0.1, 0.15) is 32.3 Å². The highest BCUT2D eigenvalue weighted by Gasteiger charge is 2.49. The zero-order chi connectivity index (χ0) is 15.7. The summed E-state index contributed by atoms with van der Waals surface area (Å²) in [5.41, 5.74) is 0.940. The first-order valence-corrected chi connectivity index (χ1v) is 7.88. The Morgan fingerprint density at radius 3 is 2.68 bits per heavy atom. The van der Waals surface area contributed by atoms with E-state index in [9.17, 15) is 4.79 Å². The topological polar surface area (TPSA) is 50.1 Å². The molecule has 3 heteroatoms. The smallest absolute Gasteiger partial charge is 0.181 e. The minimum Gasteiger partial charge on any atom is -0.373 e. The second-order valence-electron chi connectivity index (χ2n) is 6.85. The van der Waals surface area contributed by atoms with Crippen molar-refractivity contribution in [2.75, 3.05) is 0 Å². The van der Waals surface area contributed by atoms with E-state index in [1.165, 1.54) is 5.56 Å². The second-order valence-corrected chi connectivity index (χ2v) is 6.85. The van der Waals surface area contributed by atoms with Crippen LogP contribution in [0.4, 0.5) is 0 Å². The summed E-state index contributed by atoms with van der Waals surface area (Å²) in [5, 5.41) is 9.15. The maximum absolute atomic E-state index is 12.4.